The Morgan fingerprint density at radius 3 is 2.35 bits per heavy atom. The van der Waals surface area contributed by atoms with E-state index >= 15 is 0 Å². The van der Waals surface area contributed by atoms with Gasteiger partial charge in [-0.15, -0.1) is 0 Å². The fourth-order valence-corrected chi connectivity index (χ4v) is 3.19. The second-order valence-corrected chi connectivity index (χ2v) is 7.14. The van der Waals surface area contributed by atoms with Crippen LogP contribution < -0.4 is 15.8 Å². The number of fused-ring (bicyclic) bond motifs is 1. The van der Waals surface area contributed by atoms with Crippen LogP contribution in [0.4, 0.5) is 5.69 Å². The van der Waals surface area contributed by atoms with Gasteiger partial charge >= 0.3 is 0 Å². The van der Waals surface area contributed by atoms with Gasteiger partial charge in [0.2, 0.25) is 0 Å². The van der Waals surface area contributed by atoms with E-state index in [1.807, 2.05) is 67.5 Å². The topological polar surface area (TPSA) is 87.2 Å². The Kier molecular flexibility index (Phi) is 5.57. The molecule has 0 atom stereocenters. The predicted octanol–water partition coefficient (Wildman–Crippen LogP) is 3.44. The van der Waals surface area contributed by atoms with Gasteiger partial charge in [0.1, 0.15) is 0 Å². The molecule has 2 heterocycles. The first kappa shape index (κ1) is 20.0. The van der Waals surface area contributed by atoms with Crippen molar-refractivity contribution >= 4 is 28.4 Å². The number of hydrazine groups is 1. The highest BCUT2D eigenvalue weighted by molar-refractivity contribution is 6.08. The summed E-state index contributed by atoms with van der Waals surface area (Å²) >= 11 is 0. The van der Waals surface area contributed by atoms with Gasteiger partial charge in [0.05, 0.1) is 22.5 Å². The second kappa shape index (κ2) is 8.62. The van der Waals surface area contributed by atoms with Crippen LogP contribution in [0.2, 0.25) is 0 Å². The minimum absolute atomic E-state index is 0.397. The number of para-hydroxylation sites is 1. The van der Waals surface area contributed by atoms with Gasteiger partial charge in [-0.05, 0) is 42.5 Å². The van der Waals surface area contributed by atoms with E-state index in [0.717, 1.165) is 5.69 Å². The standard InChI is InChI=1S/C24H21N5O2/c1-29(2)17-9-7-8-16(14-17)23(30)27-28-24(31)19-15-22(21-12-5-6-13-25-21)26-20-11-4-3-10-18(19)20/h3-15H,1-2H3,(H,27,30)(H,28,31). The van der Waals surface area contributed by atoms with Crippen LogP contribution in [0.15, 0.2) is 79.0 Å². The van der Waals surface area contributed by atoms with Crippen molar-refractivity contribution in [2.24, 2.45) is 0 Å². The molecule has 31 heavy (non-hydrogen) atoms. The number of carbonyl (C=O) groups excluding carboxylic acids is 2. The highest BCUT2D eigenvalue weighted by atomic mass is 16.2. The molecule has 0 aliphatic carbocycles. The molecule has 0 aliphatic heterocycles. The van der Waals surface area contributed by atoms with E-state index in [9.17, 15) is 9.59 Å². The zero-order chi connectivity index (χ0) is 21.8. The van der Waals surface area contributed by atoms with E-state index in [1.165, 1.54) is 0 Å². The minimum Gasteiger partial charge on any atom is -0.378 e. The van der Waals surface area contributed by atoms with Gasteiger partial charge in [-0.25, -0.2) is 4.98 Å². The second-order valence-electron chi connectivity index (χ2n) is 7.14. The molecule has 0 unspecified atom stereocenters. The van der Waals surface area contributed by atoms with E-state index in [2.05, 4.69) is 20.8 Å². The lowest BCUT2D eigenvalue weighted by atomic mass is 10.1. The number of hydrogen-bond acceptors (Lipinski definition) is 5. The van der Waals surface area contributed by atoms with Crippen LogP contribution in [0.3, 0.4) is 0 Å². The van der Waals surface area contributed by atoms with Crippen molar-refractivity contribution in [1.82, 2.24) is 20.8 Å². The third-order valence-corrected chi connectivity index (χ3v) is 4.80. The van der Waals surface area contributed by atoms with Crippen LogP contribution >= 0.6 is 0 Å². The Hall–Kier alpha value is -4.26. The third-order valence-electron chi connectivity index (χ3n) is 4.80. The number of amides is 2. The number of carbonyl (C=O) groups is 2. The predicted molar refractivity (Wildman–Crippen MR) is 121 cm³/mol. The molecule has 2 N–H and O–H groups in total. The summed E-state index contributed by atoms with van der Waals surface area (Å²) in [4.78, 5) is 36.4. The number of anilines is 1. The van der Waals surface area contributed by atoms with Crippen molar-refractivity contribution in [3.05, 3.63) is 90.1 Å². The van der Waals surface area contributed by atoms with Crippen molar-refractivity contribution < 1.29 is 9.59 Å². The van der Waals surface area contributed by atoms with Crippen LogP contribution in [-0.4, -0.2) is 35.9 Å². The average molecular weight is 411 g/mol. The molecule has 2 amide bonds. The SMILES string of the molecule is CN(C)c1cccc(C(=O)NNC(=O)c2cc(-c3ccccn3)nc3ccccc23)c1. The fraction of sp³-hybridized carbons (Fsp3) is 0.0833. The van der Waals surface area contributed by atoms with E-state index in [1.54, 1.807) is 30.5 Å². The molecular formula is C24H21N5O2. The van der Waals surface area contributed by atoms with Gasteiger partial charge in [0, 0.05) is 36.9 Å². The summed E-state index contributed by atoms with van der Waals surface area (Å²) in [6.07, 6.45) is 1.67. The van der Waals surface area contributed by atoms with E-state index in [-0.39, 0.29) is 0 Å². The molecule has 0 bridgehead atoms. The van der Waals surface area contributed by atoms with Gasteiger partial charge in [-0.2, -0.15) is 0 Å². The Bertz CT molecular complexity index is 1260. The summed E-state index contributed by atoms with van der Waals surface area (Å²) in [6.45, 7) is 0. The lowest BCUT2D eigenvalue weighted by Gasteiger charge is -2.14. The number of hydrogen-bond donors (Lipinski definition) is 2. The van der Waals surface area contributed by atoms with Gasteiger partial charge in [-0.1, -0.05) is 30.3 Å². The Labute approximate surface area is 179 Å². The molecule has 7 heteroatoms. The zero-order valence-corrected chi connectivity index (χ0v) is 17.2. The van der Waals surface area contributed by atoms with Gasteiger partial charge in [-0.3, -0.25) is 25.4 Å². The molecule has 7 nitrogen and oxygen atoms in total. The minimum atomic E-state index is -0.437. The van der Waals surface area contributed by atoms with Crippen LogP contribution in [-0.2, 0) is 0 Å². The summed E-state index contributed by atoms with van der Waals surface area (Å²) < 4.78 is 0. The molecular weight excluding hydrogens is 390 g/mol. The van der Waals surface area contributed by atoms with Crippen molar-refractivity contribution in [3.63, 3.8) is 0 Å². The number of nitrogens with zero attached hydrogens (tertiary/aromatic N) is 3. The van der Waals surface area contributed by atoms with E-state index in [0.29, 0.717) is 33.4 Å². The smallest absolute Gasteiger partial charge is 0.270 e. The van der Waals surface area contributed by atoms with Crippen LogP contribution in [0.25, 0.3) is 22.3 Å². The molecule has 0 saturated carbocycles. The molecule has 154 valence electrons. The van der Waals surface area contributed by atoms with Gasteiger partial charge in [0.25, 0.3) is 11.8 Å². The lowest BCUT2D eigenvalue weighted by Crippen LogP contribution is -2.41. The lowest BCUT2D eigenvalue weighted by molar-refractivity contribution is 0.0847. The molecule has 0 fully saturated rings. The number of nitrogens with one attached hydrogen (secondary N) is 2. The normalized spacial score (nSPS) is 10.5. The maximum atomic E-state index is 13.0. The zero-order valence-electron chi connectivity index (χ0n) is 17.2. The summed E-state index contributed by atoms with van der Waals surface area (Å²) in [5, 5.41) is 0.684. The van der Waals surface area contributed by atoms with E-state index < -0.39 is 11.8 Å². The number of pyridine rings is 2. The van der Waals surface area contributed by atoms with Crippen molar-refractivity contribution in [3.8, 4) is 11.4 Å². The Balaban J connectivity index is 1.60. The highest BCUT2D eigenvalue weighted by Gasteiger charge is 2.15. The molecule has 0 aliphatic rings. The average Bonchev–Trinajstić information content (AvgIpc) is 2.82. The van der Waals surface area contributed by atoms with E-state index in [4.69, 9.17) is 0 Å². The first-order chi connectivity index (χ1) is 15.0. The summed E-state index contributed by atoms with van der Waals surface area (Å²) in [5.41, 5.74) is 8.65. The maximum absolute atomic E-state index is 13.0. The maximum Gasteiger partial charge on any atom is 0.270 e. The largest absolute Gasteiger partial charge is 0.378 e. The fourth-order valence-electron chi connectivity index (χ4n) is 3.19. The molecule has 2 aromatic heterocycles. The van der Waals surface area contributed by atoms with Crippen molar-refractivity contribution in [1.29, 1.82) is 0 Å². The monoisotopic (exact) mass is 411 g/mol. The third kappa shape index (κ3) is 4.35. The molecule has 2 aromatic carbocycles. The first-order valence-corrected chi connectivity index (χ1v) is 9.72. The molecule has 0 spiro atoms. The molecule has 4 rings (SSSR count). The quantitative estimate of drug-likeness (QED) is 0.503. The van der Waals surface area contributed by atoms with Gasteiger partial charge < -0.3 is 4.90 Å². The molecule has 0 saturated heterocycles. The van der Waals surface area contributed by atoms with Crippen LogP contribution in [0.5, 0.6) is 0 Å². The molecule has 0 radical (unpaired) electrons. The van der Waals surface area contributed by atoms with Crippen molar-refractivity contribution in [2.45, 2.75) is 0 Å². The summed E-state index contributed by atoms with van der Waals surface area (Å²) in [7, 11) is 3.79. The van der Waals surface area contributed by atoms with Crippen LogP contribution in [0, 0.1) is 0 Å². The first-order valence-electron chi connectivity index (χ1n) is 9.72. The highest BCUT2D eigenvalue weighted by Crippen LogP contribution is 2.23. The number of rotatable bonds is 4. The summed E-state index contributed by atoms with van der Waals surface area (Å²) in [5.74, 6) is -0.840. The molecule has 4 aromatic rings. The van der Waals surface area contributed by atoms with Crippen LogP contribution in [0.1, 0.15) is 20.7 Å². The number of aromatic nitrogens is 2. The van der Waals surface area contributed by atoms with Crippen molar-refractivity contribution in [2.75, 3.05) is 19.0 Å². The Morgan fingerprint density at radius 2 is 1.58 bits per heavy atom. The van der Waals surface area contributed by atoms with Gasteiger partial charge in [0.15, 0.2) is 0 Å². The summed E-state index contributed by atoms with van der Waals surface area (Å²) in [6, 6.07) is 21.7. The Morgan fingerprint density at radius 1 is 0.806 bits per heavy atom. The number of benzene rings is 2.